The first-order chi connectivity index (χ1) is 10.2. The molecule has 4 nitrogen and oxygen atoms in total. The van der Waals surface area contributed by atoms with Crippen molar-refractivity contribution >= 4 is 41.3 Å². The number of rotatable bonds is 6. The normalized spacial score (nSPS) is 19.0. The Bertz CT molecular complexity index is 461. The molecule has 0 aromatic carbocycles. The largest absolute Gasteiger partial charge is 0.356 e. The molecule has 2 heterocycles. The van der Waals surface area contributed by atoms with Crippen LogP contribution in [0.3, 0.4) is 0 Å². The molecule has 1 aliphatic rings. The van der Waals surface area contributed by atoms with E-state index in [1.165, 1.54) is 35.8 Å². The first kappa shape index (κ1) is 19.7. The second-order valence-electron chi connectivity index (χ2n) is 5.58. The Hall–Kier alpha value is -0.340. The quantitative estimate of drug-likeness (QED) is 0.409. The van der Waals surface area contributed by atoms with E-state index < -0.39 is 0 Å². The third-order valence-corrected chi connectivity index (χ3v) is 5.32. The van der Waals surface area contributed by atoms with E-state index in [-0.39, 0.29) is 24.0 Å². The minimum atomic E-state index is 0. The van der Waals surface area contributed by atoms with Crippen molar-refractivity contribution in [1.29, 1.82) is 0 Å². The lowest BCUT2D eigenvalue weighted by atomic mass is 10.1. The molecule has 0 bridgehead atoms. The lowest BCUT2D eigenvalue weighted by molar-refractivity contribution is 0.342. The molecule has 0 aliphatic carbocycles. The zero-order chi connectivity index (χ0) is 15.1. The molecule has 1 saturated heterocycles. The fourth-order valence-electron chi connectivity index (χ4n) is 2.71. The van der Waals surface area contributed by atoms with Crippen LogP contribution in [-0.4, -0.2) is 44.1 Å². The fourth-order valence-corrected chi connectivity index (χ4v) is 3.60. The predicted octanol–water partition coefficient (Wildman–Crippen LogP) is 2.94. The highest BCUT2D eigenvalue weighted by Gasteiger charge is 2.20. The van der Waals surface area contributed by atoms with Gasteiger partial charge in [0.15, 0.2) is 5.96 Å². The highest BCUT2D eigenvalue weighted by Crippen LogP contribution is 2.16. The van der Waals surface area contributed by atoms with Crippen LogP contribution in [0.2, 0.25) is 0 Å². The number of nitrogens with one attached hydrogen (secondary N) is 2. The summed E-state index contributed by atoms with van der Waals surface area (Å²) < 4.78 is 0. The van der Waals surface area contributed by atoms with Crippen molar-refractivity contribution in [3.8, 4) is 0 Å². The molecule has 1 unspecified atom stereocenters. The highest BCUT2D eigenvalue weighted by atomic mass is 127. The predicted molar refractivity (Wildman–Crippen MR) is 108 cm³/mol. The van der Waals surface area contributed by atoms with E-state index in [0.717, 1.165) is 31.4 Å². The van der Waals surface area contributed by atoms with Crippen LogP contribution in [0.25, 0.3) is 0 Å². The molecule has 1 atom stereocenters. The number of likely N-dealkylation sites (tertiary alicyclic amines) is 1. The van der Waals surface area contributed by atoms with Crippen LogP contribution in [0, 0.1) is 5.92 Å². The van der Waals surface area contributed by atoms with Gasteiger partial charge in [-0.15, -0.1) is 35.3 Å². The zero-order valence-corrected chi connectivity index (χ0v) is 17.0. The Morgan fingerprint density at radius 2 is 2.09 bits per heavy atom. The van der Waals surface area contributed by atoms with Gasteiger partial charge in [0.05, 0.1) is 6.54 Å². The molecule has 6 heteroatoms. The lowest BCUT2D eigenvalue weighted by Crippen LogP contribution is -2.39. The van der Waals surface area contributed by atoms with E-state index in [0.29, 0.717) is 0 Å². The standard InChI is InChI=1S/C16H28N4S.HI/c1-4-14-6-7-15(21-14)11-19-16(17-3)18-10-13-8-9-20(5-2)12-13;/h6-7,13H,4-5,8-12H2,1-3H3,(H2,17,18,19);1H. The summed E-state index contributed by atoms with van der Waals surface area (Å²) in [6.07, 6.45) is 2.41. The Labute approximate surface area is 155 Å². The van der Waals surface area contributed by atoms with E-state index in [2.05, 4.69) is 46.5 Å². The van der Waals surface area contributed by atoms with Crippen molar-refractivity contribution in [2.45, 2.75) is 33.2 Å². The Balaban J connectivity index is 0.00000242. The molecule has 2 N–H and O–H groups in total. The number of halogens is 1. The molecule has 1 aromatic heterocycles. The topological polar surface area (TPSA) is 39.7 Å². The number of thiophene rings is 1. The van der Waals surface area contributed by atoms with Gasteiger partial charge in [-0.25, -0.2) is 0 Å². The van der Waals surface area contributed by atoms with Gasteiger partial charge in [-0.05, 0) is 44.0 Å². The van der Waals surface area contributed by atoms with Gasteiger partial charge in [0.25, 0.3) is 0 Å². The van der Waals surface area contributed by atoms with Crippen molar-refractivity contribution in [1.82, 2.24) is 15.5 Å². The summed E-state index contributed by atoms with van der Waals surface area (Å²) >= 11 is 1.88. The number of hydrogen-bond acceptors (Lipinski definition) is 3. The Morgan fingerprint density at radius 3 is 2.68 bits per heavy atom. The first-order valence-corrected chi connectivity index (χ1v) is 8.81. The van der Waals surface area contributed by atoms with E-state index in [9.17, 15) is 0 Å². The van der Waals surface area contributed by atoms with Crippen LogP contribution in [0.5, 0.6) is 0 Å². The van der Waals surface area contributed by atoms with Gasteiger partial charge in [0.2, 0.25) is 0 Å². The van der Waals surface area contributed by atoms with E-state index in [1.807, 2.05) is 18.4 Å². The van der Waals surface area contributed by atoms with Gasteiger partial charge >= 0.3 is 0 Å². The summed E-state index contributed by atoms with van der Waals surface area (Å²) in [5.41, 5.74) is 0. The fraction of sp³-hybridized carbons (Fsp3) is 0.688. The molecule has 0 spiro atoms. The van der Waals surface area contributed by atoms with Crippen molar-refractivity contribution in [2.24, 2.45) is 10.9 Å². The number of aliphatic imine (C=N–C) groups is 1. The van der Waals surface area contributed by atoms with E-state index in [4.69, 9.17) is 0 Å². The molecule has 0 amide bonds. The number of aryl methyl sites for hydroxylation is 1. The molecule has 126 valence electrons. The van der Waals surface area contributed by atoms with Crippen molar-refractivity contribution < 1.29 is 0 Å². The maximum Gasteiger partial charge on any atom is 0.191 e. The van der Waals surface area contributed by atoms with Crippen LogP contribution < -0.4 is 10.6 Å². The summed E-state index contributed by atoms with van der Waals surface area (Å²) in [5.74, 6) is 1.66. The minimum absolute atomic E-state index is 0. The van der Waals surface area contributed by atoms with Gasteiger partial charge in [0, 0.05) is 29.9 Å². The van der Waals surface area contributed by atoms with Gasteiger partial charge in [-0.3, -0.25) is 4.99 Å². The molecule has 22 heavy (non-hydrogen) atoms. The van der Waals surface area contributed by atoms with E-state index >= 15 is 0 Å². The summed E-state index contributed by atoms with van der Waals surface area (Å²) in [6, 6.07) is 4.43. The maximum atomic E-state index is 4.32. The summed E-state index contributed by atoms with van der Waals surface area (Å²) in [7, 11) is 1.84. The van der Waals surface area contributed by atoms with Gasteiger partial charge in [-0.1, -0.05) is 13.8 Å². The molecule has 0 radical (unpaired) electrons. The highest BCUT2D eigenvalue weighted by molar-refractivity contribution is 14.0. The molecule has 0 saturated carbocycles. The van der Waals surface area contributed by atoms with Crippen molar-refractivity contribution in [2.75, 3.05) is 33.2 Å². The van der Waals surface area contributed by atoms with Gasteiger partial charge in [-0.2, -0.15) is 0 Å². The Morgan fingerprint density at radius 1 is 1.32 bits per heavy atom. The third kappa shape index (κ3) is 6.04. The lowest BCUT2D eigenvalue weighted by Gasteiger charge is -2.16. The summed E-state index contributed by atoms with van der Waals surface area (Å²) in [6.45, 7) is 9.93. The van der Waals surface area contributed by atoms with Crippen LogP contribution >= 0.6 is 35.3 Å². The molecule has 2 rings (SSSR count). The van der Waals surface area contributed by atoms with Gasteiger partial charge in [0.1, 0.15) is 0 Å². The molecule has 1 fully saturated rings. The van der Waals surface area contributed by atoms with Crippen LogP contribution in [-0.2, 0) is 13.0 Å². The van der Waals surface area contributed by atoms with Gasteiger partial charge < -0.3 is 15.5 Å². The third-order valence-electron chi connectivity index (χ3n) is 4.09. The Kier molecular flexibility index (Phi) is 9.35. The van der Waals surface area contributed by atoms with Crippen molar-refractivity contribution in [3.63, 3.8) is 0 Å². The van der Waals surface area contributed by atoms with Crippen LogP contribution in [0.1, 0.15) is 30.0 Å². The average Bonchev–Trinajstić information content (AvgIpc) is 3.16. The van der Waals surface area contributed by atoms with Crippen molar-refractivity contribution in [3.05, 3.63) is 21.9 Å². The average molecular weight is 436 g/mol. The molecular weight excluding hydrogens is 407 g/mol. The number of guanidine groups is 1. The van der Waals surface area contributed by atoms with Crippen LogP contribution in [0.4, 0.5) is 0 Å². The second kappa shape index (κ2) is 10.4. The minimum Gasteiger partial charge on any atom is -0.356 e. The second-order valence-corrected chi connectivity index (χ2v) is 6.83. The maximum absolute atomic E-state index is 4.32. The first-order valence-electron chi connectivity index (χ1n) is 7.99. The molecular formula is C16H29IN4S. The number of hydrogen-bond donors (Lipinski definition) is 2. The van der Waals surface area contributed by atoms with Crippen LogP contribution in [0.15, 0.2) is 17.1 Å². The monoisotopic (exact) mass is 436 g/mol. The molecule has 1 aromatic rings. The summed E-state index contributed by atoms with van der Waals surface area (Å²) in [5, 5.41) is 6.87. The SMILES string of the molecule is CCc1ccc(CNC(=NC)NCC2CCN(CC)C2)s1.I. The zero-order valence-electron chi connectivity index (χ0n) is 13.9. The smallest absolute Gasteiger partial charge is 0.191 e. The summed E-state index contributed by atoms with van der Waals surface area (Å²) in [4.78, 5) is 9.64. The molecule has 1 aliphatic heterocycles. The number of nitrogens with zero attached hydrogens (tertiary/aromatic N) is 2. The van der Waals surface area contributed by atoms with E-state index in [1.54, 1.807) is 0 Å².